The fourth-order valence-corrected chi connectivity index (χ4v) is 2.61. The molecular weight excluding hydrogens is 280 g/mol. The highest BCUT2D eigenvalue weighted by atomic mass is 32.2. The lowest BCUT2D eigenvalue weighted by atomic mass is 10.2. The highest BCUT2D eigenvalue weighted by Gasteiger charge is 2.16. The molecule has 6 N–H and O–H groups in total. The van der Waals surface area contributed by atoms with Crippen LogP contribution in [-0.4, -0.2) is 27.9 Å². The van der Waals surface area contributed by atoms with E-state index in [0.717, 1.165) is 0 Å². The number of nitrogens with one attached hydrogen (secondary N) is 2. The van der Waals surface area contributed by atoms with Gasteiger partial charge in [0.05, 0.1) is 5.69 Å². The van der Waals surface area contributed by atoms with Gasteiger partial charge in [0.15, 0.2) is 0 Å². The van der Waals surface area contributed by atoms with E-state index in [4.69, 9.17) is 11.5 Å². The first-order valence-electron chi connectivity index (χ1n) is 6.22. The first-order chi connectivity index (χ1) is 9.36. The third-order valence-corrected chi connectivity index (χ3v) is 4.18. The van der Waals surface area contributed by atoms with Crippen LogP contribution in [0.1, 0.15) is 19.3 Å². The zero-order valence-corrected chi connectivity index (χ0v) is 12.2. The Morgan fingerprint density at radius 2 is 2.00 bits per heavy atom. The molecule has 0 fully saturated rings. The SMILES string of the molecule is CNS(=O)(=O)c1cc(N)ccc1NCCCCC(N)=O. The molecule has 112 valence electrons. The molecule has 1 amide bonds. The van der Waals surface area contributed by atoms with Crippen LogP contribution in [0, 0.1) is 0 Å². The van der Waals surface area contributed by atoms with Gasteiger partial charge in [0, 0.05) is 18.7 Å². The number of nitrogens with two attached hydrogens (primary N) is 2. The number of anilines is 2. The van der Waals surface area contributed by atoms with Crippen molar-refractivity contribution in [1.82, 2.24) is 4.72 Å². The molecule has 0 saturated carbocycles. The highest BCUT2D eigenvalue weighted by Crippen LogP contribution is 2.23. The minimum atomic E-state index is -3.57. The second kappa shape index (κ2) is 7.11. The van der Waals surface area contributed by atoms with Gasteiger partial charge in [-0.2, -0.15) is 0 Å². The van der Waals surface area contributed by atoms with E-state index in [1.54, 1.807) is 12.1 Å². The Balaban J connectivity index is 2.73. The fraction of sp³-hybridized carbons (Fsp3) is 0.417. The number of sulfonamides is 1. The number of nitrogen functional groups attached to an aromatic ring is 1. The van der Waals surface area contributed by atoms with Crippen LogP contribution >= 0.6 is 0 Å². The number of carbonyl (C=O) groups is 1. The summed E-state index contributed by atoms with van der Waals surface area (Å²) in [6, 6.07) is 4.64. The number of carbonyl (C=O) groups excluding carboxylic acids is 1. The molecule has 0 aromatic heterocycles. The second-order valence-corrected chi connectivity index (χ2v) is 6.17. The normalized spacial score (nSPS) is 11.2. The molecule has 0 aliphatic rings. The van der Waals surface area contributed by atoms with Gasteiger partial charge in [-0.15, -0.1) is 0 Å². The molecular formula is C12H20N4O3S. The smallest absolute Gasteiger partial charge is 0.242 e. The molecule has 0 radical (unpaired) electrons. The third-order valence-electron chi connectivity index (χ3n) is 2.73. The van der Waals surface area contributed by atoms with Crippen LogP contribution in [0.3, 0.4) is 0 Å². The van der Waals surface area contributed by atoms with Crippen molar-refractivity contribution in [2.45, 2.75) is 24.2 Å². The molecule has 0 heterocycles. The maximum Gasteiger partial charge on any atom is 0.242 e. The van der Waals surface area contributed by atoms with Gasteiger partial charge < -0.3 is 16.8 Å². The van der Waals surface area contributed by atoms with Crippen LogP contribution in [0.2, 0.25) is 0 Å². The molecule has 0 bridgehead atoms. The van der Waals surface area contributed by atoms with E-state index < -0.39 is 10.0 Å². The molecule has 1 aromatic rings. The van der Waals surface area contributed by atoms with Crippen molar-refractivity contribution in [3.8, 4) is 0 Å². The van der Waals surface area contributed by atoms with Gasteiger partial charge in [0.1, 0.15) is 4.90 Å². The van der Waals surface area contributed by atoms with Gasteiger partial charge >= 0.3 is 0 Å². The first kappa shape index (κ1) is 16.3. The summed E-state index contributed by atoms with van der Waals surface area (Å²) in [6.45, 7) is 0.545. The zero-order valence-electron chi connectivity index (χ0n) is 11.3. The number of hydrogen-bond donors (Lipinski definition) is 4. The summed E-state index contributed by atoms with van der Waals surface area (Å²) in [7, 11) is -2.23. The molecule has 1 aromatic carbocycles. The number of rotatable bonds is 8. The lowest BCUT2D eigenvalue weighted by Gasteiger charge is -2.12. The summed E-state index contributed by atoms with van der Waals surface area (Å²) in [5, 5.41) is 3.03. The number of primary amides is 1. The van der Waals surface area contributed by atoms with E-state index >= 15 is 0 Å². The maximum absolute atomic E-state index is 11.9. The van der Waals surface area contributed by atoms with Gasteiger partial charge in [0.2, 0.25) is 15.9 Å². The summed E-state index contributed by atoms with van der Waals surface area (Å²) < 4.78 is 26.0. The largest absolute Gasteiger partial charge is 0.399 e. The minimum absolute atomic E-state index is 0.106. The topological polar surface area (TPSA) is 127 Å². The molecule has 0 saturated heterocycles. The van der Waals surface area contributed by atoms with E-state index in [1.165, 1.54) is 13.1 Å². The van der Waals surface area contributed by atoms with Gasteiger partial charge in [-0.05, 0) is 38.1 Å². The predicted octanol–water partition coefficient (Wildman–Crippen LogP) is 0.244. The molecule has 7 nitrogen and oxygen atoms in total. The van der Waals surface area contributed by atoms with Crippen molar-refractivity contribution >= 4 is 27.3 Å². The number of benzene rings is 1. The molecule has 0 unspecified atom stereocenters. The van der Waals surface area contributed by atoms with E-state index in [9.17, 15) is 13.2 Å². The van der Waals surface area contributed by atoms with Crippen LogP contribution in [0.15, 0.2) is 23.1 Å². The fourth-order valence-electron chi connectivity index (χ4n) is 1.66. The molecule has 1 rings (SSSR count). The van der Waals surface area contributed by atoms with E-state index in [1.807, 2.05) is 0 Å². The lowest BCUT2D eigenvalue weighted by molar-refractivity contribution is -0.118. The van der Waals surface area contributed by atoms with E-state index in [0.29, 0.717) is 37.2 Å². The molecule has 0 aliphatic carbocycles. The molecule has 20 heavy (non-hydrogen) atoms. The number of unbranched alkanes of at least 4 members (excludes halogenated alkanes) is 1. The Hall–Kier alpha value is -1.80. The average molecular weight is 300 g/mol. The van der Waals surface area contributed by atoms with Crippen LogP contribution in [0.25, 0.3) is 0 Å². The van der Waals surface area contributed by atoms with Crippen molar-refractivity contribution in [3.63, 3.8) is 0 Å². The Morgan fingerprint density at radius 3 is 2.60 bits per heavy atom. The first-order valence-corrected chi connectivity index (χ1v) is 7.70. The number of hydrogen-bond acceptors (Lipinski definition) is 5. The Labute approximate surface area is 118 Å². The van der Waals surface area contributed by atoms with Gasteiger partial charge in [-0.1, -0.05) is 0 Å². The van der Waals surface area contributed by atoms with Gasteiger partial charge in [-0.25, -0.2) is 13.1 Å². The lowest BCUT2D eigenvalue weighted by Crippen LogP contribution is -2.20. The number of amides is 1. The van der Waals surface area contributed by atoms with Crippen LogP contribution < -0.4 is 21.5 Å². The maximum atomic E-state index is 11.9. The van der Waals surface area contributed by atoms with Crippen LogP contribution in [-0.2, 0) is 14.8 Å². The van der Waals surface area contributed by atoms with Crippen LogP contribution in [0.5, 0.6) is 0 Å². The van der Waals surface area contributed by atoms with Gasteiger partial charge in [-0.3, -0.25) is 4.79 Å². The van der Waals surface area contributed by atoms with Crippen molar-refractivity contribution < 1.29 is 13.2 Å². The molecule has 0 atom stereocenters. The van der Waals surface area contributed by atoms with Gasteiger partial charge in [0.25, 0.3) is 0 Å². The third kappa shape index (κ3) is 4.71. The minimum Gasteiger partial charge on any atom is -0.399 e. The standard InChI is InChI=1S/C12H20N4O3S/c1-15-20(18,19)11-8-9(13)5-6-10(11)16-7-3-2-4-12(14)17/h5-6,8,15-16H,2-4,7,13H2,1H3,(H2,14,17). The summed E-state index contributed by atoms with van der Waals surface area (Å²) in [4.78, 5) is 10.7. The Bertz CT molecular complexity index is 572. The summed E-state index contributed by atoms with van der Waals surface area (Å²) >= 11 is 0. The van der Waals surface area contributed by atoms with E-state index in [-0.39, 0.29) is 10.8 Å². The highest BCUT2D eigenvalue weighted by molar-refractivity contribution is 7.89. The van der Waals surface area contributed by atoms with Crippen molar-refractivity contribution in [3.05, 3.63) is 18.2 Å². The average Bonchev–Trinajstić information content (AvgIpc) is 2.39. The predicted molar refractivity (Wildman–Crippen MR) is 78.6 cm³/mol. The Morgan fingerprint density at radius 1 is 1.30 bits per heavy atom. The quantitative estimate of drug-likeness (QED) is 0.404. The second-order valence-electron chi connectivity index (χ2n) is 4.31. The Kier molecular flexibility index (Phi) is 5.78. The van der Waals surface area contributed by atoms with Crippen LogP contribution in [0.4, 0.5) is 11.4 Å². The summed E-state index contributed by atoms with van der Waals surface area (Å²) in [6.07, 6.45) is 1.70. The molecule has 8 heteroatoms. The summed E-state index contributed by atoms with van der Waals surface area (Å²) in [5.74, 6) is -0.337. The van der Waals surface area contributed by atoms with E-state index in [2.05, 4.69) is 10.0 Å². The van der Waals surface area contributed by atoms with Crippen molar-refractivity contribution in [2.24, 2.45) is 5.73 Å². The zero-order chi connectivity index (χ0) is 15.2. The monoisotopic (exact) mass is 300 g/mol. The molecule has 0 spiro atoms. The van der Waals surface area contributed by atoms with Crippen molar-refractivity contribution in [2.75, 3.05) is 24.6 Å². The van der Waals surface area contributed by atoms with Crippen molar-refractivity contribution in [1.29, 1.82) is 0 Å². The molecule has 0 aliphatic heterocycles. The summed E-state index contributed by atoms with van der Waals surface area (Å²) in [5.41, 5.74) is 11.5.